The molecule has 1 aliphatic rings. The maximum Gasteiger partial charge on any atom is 0.172 e. The fraction of sp³-hybridized carbons (Fsp3) is 0.471. The van der Waals surface area contributed by atoms with Gasteiger partial charge in [-0.2, -0.15) is 0 Å². The number of rotatable bonds is 5. The molecule has 0 saturated carbocycles. The van der Waals surface area contributed by atoms with Gasteiger partial charge in [-0.15, -0.1) is 5.10 Å². The molecule has 1 aromatic heterocycles. The Labute approximate surface area is 136 Å². The summed E-state index contributed by atoms with van der Waals surface area (Å²) in [6.45, 7) is 6.37. The molecule has 23 heavy (non-hydrogen) atoms. The molecular formula is C17H23N5O. The number of likely N-dealkylation sites (N-methyl/N-ethyl adjacent to an activating group) is 1. The highest BCUT2D eigenvalue weighted by Crippen LogP contribution is 2.20. The van der Waals surface area contributed by atoms with Crippen LogP contribution in [0, 0.1) is 0 Å². The third-order valence-corrected chi connectivity index (χ3v) is 4.35. The molecule has 3 rings (SSSR count). The topological polar surface area (TPSA) is 54.3 Å². The first kappa shape index (κ1) is 15.7. The van der Waals surface area contributed by atoms with Crippen LogP contribution in [0.25, 0.3) is 5.69 Å². The van der Waals surface area contributed by atoms with Gasteiger partial charge in [0.05, 0.1) is 11.4 Å². The number of hydrogen-bond acceptors (Lipinski definition) is 5. The number of anilines is 1. The van der Waals surface area contributed by atoms with Crippen LogP contribution in [0.4, 0.5) is 5.69 Å². The minimum atomic E-state index is 0.440. The van der Waals surface area contributed by atoms with Gasteiger partial charge in [0.15, 0.2) is 6.29 Å². The highest BCUT2D eigenvalue weighted by Gasteiger charge is 2.16. The van der Waals surface area contributed by atoms with Gasteiger partial charge in [-0.3, -0.25) is 4.79 Å². The minimum absolute atomic E-state index is 0.440. The molecular weight excluding hydrogens is 290 g/mol. The van der Waals surface area contributed by atoms with Crippen LogP contribution in [-0.4, -0.2) is 59.4 Å². The second kappa shape index (κ2) is 6.91. The molecule has 0 spiro atoms. The summed E-state index contributed by atoms with van der Waals surface area (Å²) in [7, 11) is 2.16. The molecule has 1 aromatic carbocycles. The third-order valence-electron chi connectivity index (χ3n) is 4.35. The first-order valence-corrected chi connectivity index (χ1v) is 8.16. The summed E-state index contributed by atoms with van der Waals surface area (Å²) >= 11 is 0. The molecule has 6 heteroatoms. The zero-order valence-corrected chi connectivity index (χ0v) is 13.8. The SMILES string of the molecule is CCCc1c(C=O)nnn1-c1ccc(N2CCN(C)CC2)cc1. The minimum Gasteiger partial charge on any atom is -0.369 e. The summed E-state index contributed by atoms with van der Waals surface area (Å²) in [5, 5.41) is 8.12. The summed E-state index contributed by atoms with van der Waals surface area (Å²) in [4.78, 5) is 15.9. The van der Waals surface area contributed by atoms with E-state index in [1.165, 1.54) is 5.69 Å². The van der Waals surface area contributed by atoms with Crippen LogP contribution in [-0.2, 0) is 6.42 Å². The lowest BCUT2D eigenvalue weighted by molar-refractivity contribution is 0.111. The first-order valence-electron chi connectivity index (χ1n) is 8.16. The lowest BCUT2D eigenvalue weighted by atomic mass is 10.2. The highest BCUT2D eigenvalue weighted by atomic mass is 16.1. The van der Waals surface area contributed by atoms with Crippen molar-refractivity contribution in [1.29, 1.82) is 0 Å². The molecule has 0 amide bonds. The lowest BCUT2D eigenvalue weighted by Crippen LogP contribution is -2.44. The van der Waals surface area contributed by atoms with E-state index < -0.39 is 0 Å². The van der Waals surface area contributed by atoms with Crippen molar-refractivity contribution in [2.45, 2.75) is 19.8 Å². The van der Waals surface area contributed by atoms with E-state index in [1.807, 2.05) is 0 Å². The van der Waals surface area contributed by atoms with Crippen molar-refractivity contribution in [2.24, 2.45) is 0 Å². The van der Waals surface area contributed by atoms with Crippen molar-refractivity contribution >= 4 is 12.0 Å². The maximum absolute atomic E-state index is 11.1. The normalized spacial score (nSPS) is 15.8. The van der Waals surface area contributed by atoms with Gasteiger partial charge in [-0.1, -0.05) is 18.6 Å². The second-order valence-electron chi connectivity index (χ2n) is 6.01. The molecule has 0 atom stereocenters. The summed E-state index contributed by atoms with van der Waals surface area (Å²) in [5.74, 6) is 0. The Morgan fingerprint density at radius 1 is 1.09 bits per heavy atom. The number of hydrogen-bond donors (Lipinski definition) is 0. The standard InChI is InChI=1S/C17H23N5O/c1-3-4-17-16(13-23)18-19-22(17)15-7-5-14(6-8-15)21-11-9-20(2)10-12-21/h5-8,13H,3-4,9-12H2,1-2H3. The van der Waals surface area contributed by atoms with Crippen LogP contribution in [0.2, 0.25) is 0 Å². The van der Waals surface area contributed by atoms with E-state index in [4.69, 9.17) is 0 Å². The van der Waals surface area contributed by atoms with Gasteiger partial charge in [-0.25, -0.2) is 4.68 Å². The van der Waals surface area contributed by atoms with Gasteiger partial charge in [0.1, 0.15) is 5.69 Å². The summed E-state index contributed by atoms with van der Waals surface area (Å²) in [5.41, 5.74) is 3.51. The van der Waals surface area contributed by atoms with Gasteiger partial charge in [0.2, 0.25) is 0 Å². The number of piperazine rings is 1. The Bertz CT molecular complexity index is 656. The highest BCUT2D eigenvalue weighted by molar-refractivity contribution is 5.73. The molecule has 0 aliphatic carbocycles. The molecule has 0 unspecified atom stereocenters. The Morgan fingerprint density at radius 2 is 1.74 bits per heavy atom. The molecule has 0 N–H and O–H groups in total. The third kappa shape index (κ3) is 3.27. The van der Waals surface area contributed by atoms with E-state index in [9.17, 15) is 4.79 Å². The van der Waals surface area contributed by atoms with E-state index in [-0.39, 0.29) is 0 Å². The Morgan fingerprint density at radius 3 is 2.35 bits per heavy atom. The number of aromatic nitrogens is 3. The molecule has 2 heterocycles. The Hall–Kier alpha value is -2.21. The zero-order chi connectivity index (χ0) is 16.2. The van der Waals surface area contributed by atoms with Crippen molar-refractivity contribution in [3.05, 3.63) is 35.7 Å². The molecule has 1 aliphatic heterocycles. The molecule has 6 nitrogen and oxygen atoms in total. The van der Waals surface area contributed by atoms with Gasteiger partial charge >= 0.3 is 0 Å². The van der Waals surface area contributed by atoms with Crippen LogP contribution < -0.4 is 4.90 Å². The van der Waals surface area contributed by atoms with Crippen molar-refractivity contribution in [3.63, 3.8) is 0 Å². The Balaban J connectivity index is 1.82. The van der Waals surface area contributed by atoms with E-state index in [2.05, 4.69) is 58.3 Å². The fourth-order valence-corrected chi connectivity index (χ4v) is 2.95. The number of carbonyl (C=O) groups is 1. The fourth-order valence-electron chi connectivity index (χ4n) is 2.95. The molecule has 0 bridgehead atoms. The summed E-state index contributed by atoms with van der Waals surface area (Å²) < 4.78 is 1.78. The van der Waals surface area contributed by atoms with Crippen molar-refractivity contribution in [1.82, 2.24) is 19.9 Å². The van der Waals surface area contributed by atoms with Crippen LogP contribution >= 0.6 is 0 Å². The first-order chi connectivity index (χ1) is 11.2. The van der Waals surface area contributed by atoms with Crippen molar-refractivity contribution in [3.8, 4) is 5.69 Å². The van der Waals surface area contributed by atoms with Crippen LogP contribution in [0.5, 0.6) is 0 Å². The maximum atomic E-state index is 11.1. The van der Waals surface area contributed by atoms with E-state index in [1.54, 1.807) is 4.68 Å². The largest absolute Gasteiger partial charge is 0.369 e. The molecule has 122 valence electrons. The van der Waals surface area contributed by atoms with Crippen LogP contribution in [0.15, 0.2) is 24.3 Å². The summed E-state index contributed by atoms with van der Waals surface area (Å²) in [6.07, 6.45) is 2.53. The van der Waals surface area contributed by atoms with Gasteiger partial charge in [0, 0.05) is 31.9 Å². The van der Waals surface area contributed by atoms with Crippen molar-refractivity contribution < 1.29 is 4.79 Å². The zero-order valence-electron chi connectivity index (χ0n) is 13.8. The molecule has 1 fully saturated rings. The van der Waals surface area contributed by atoms with E-state index in [0.717, 1.165) is 56.7 Å². The lowest BCUT2D eigenvalue weighted by Gasteiger charge is -2.34. The van der Waals surface area contributed by atoms with Gasteiger partial charge in [0.25, 0.3) is 0 Å². The van der Waals surface area contributed by atoms with E-state index >= 15 is 0 Å². The number of benzene rings is 1. The quantitative estimate of drug-likeness (QED) is 0.788. The van der Waals surface area contributed by atoms with Crippen LogP contribution in [0.3, 0.4) is 0 Å². The predicted octanol–water partition coefficient (Wildman–Crippen LogP) is 1.78. The monoisotopic (exact) mass is 313 g/mol. The van der Waals surface area contributed by atoms with Gasteiger partial charge in [-0.05, 0) is 37.7 Å². The van der Waals surface area contributed by atoms with Gasteiger partial charge < -0.3 is 9.80 Å². The number of carbonyl (C=O) groups excluding carboxylic acids is 1. The number of aldehydes is 1. The smallest absolute Gasteiger partial charge is 0.172 e. The number of nitrogens with zero attached hydrogens (tertiary/aromatic N) is 5. The average molecular weight is 313 g/mol. The van der Waals surface area contributed by atoms with E-state index in [0.29, 0.717) is 5.69 Å². The van der Waals surface area contributed by atoms with Crippen LogP contribution in [0.1, 0.15) is 29.5 Å². The average Bonchev–Trinajstić information content (AvgIpc) is 2.99. The summed E-state index contributed by atoms with van der Waals surface area (Å²) in [6, 6.07) is 8.35. The molecule has 2 aromatic rings. The Kier molecular flexibility index (Phi) is 4.71. The molecule has 1 saturated heterocycles. The van der Waals surface area contributed by atoms with Crippen molar-refractivity contribution in [2.75, 3.05) is 38.1 Å². The predicted molar refractivity (Wildman–Crippen MR) is 90.5 cm³/mol. The second-order valence-corrected chi connectivity index (χ2v) is 6.01. The molecule has 0 radical (unpaired) electrons.